The Labute approximate surface area is 264 Å². The lowest BCUT2D eigenvalue weighted by atomic mass is 10.1. The van der Waals surface area contributed by atoms with Gasteiger partial charge in [0.05, 0.1) is 31.4 Å². The quantitative estimate of drug-likeness (QED) is 0.269. The van der Waals surface area contributed by atoms with E-state index in [0.29, 0.717) is 28.7 Å². The first kappa shape index (κ1) is 34.5. The summed E-state index contributed by atoms with van der Waals surface area (Å²) in [4.78, 5) is 28.6. The van der Waals surface area contributed by atoms with Crippen molar-refractivity contribution in [2.75, 3.05) is 31.7 Å². The fourth-order valence-electron chi connectivity index (χ4n) is 4.38. The highest BCUT2D eigenvalue weighted by molar-refractivity contribution is 7.92. The molecular formula is C32H40ClN3O7S. The molecule has 3 aromatic rings. The van der Waals surface area contributed by atoms with E-state index in [1.54, 1.807) is 55.5 Å². The third-order valence-corrected chi connectivity index (χ3v) is 8.76. The Balaban J connectivity index is 2.10. The third-order valence-electron chi connectivity index (χ3n) is 6.62. The van der Waals surface area contributed by atoms with Gasteiger partial charge in [0, 0.05) is 23.2 Å². The summed E-state index contributed by atoms with van der Waals surface area (Å²) in [5.74, 6) is 0.0886. The fourth-order valence-corrected chi connectivity index (χ4v) is 6.00. The highest BCUT2D eigenvalue weighted by atomic mass is 35.5. The number of nitrogens with one attached hydrogen (secondary N) is 1. The molecule has 0 aliphatic heterocycles. The first-order valence-corrected chi connectivity index (χ1v) is 15.9. The Kier molecular flexibility index (Phi) is 11.5. The maximum Gasteiger partial charge on any atom is 0.264 e. The zero-order chi connectivity index (χ0) is 32.7. The van der Waals surface area contributed by atoms with Gasteiger partial charge in [-0.25, -0.2) is 8.42 Å². The second kappa shape index (κ2) is 14.7. The van der Waals surface area contributed by atoms with Crippen molar-refractivity contribution >= 4 is 39.1 Å². The number of methoxy groups -OCH3 is 2. The Bertz CT molecular complexity index is 1560. The van der Waals surface area contributed by atoms with E-state index in [4.69, 9.17) is 25.8 Å². The van der Waals surface area contributed by atoms with Gasteiger partial charge in [0.25, 0.3) is 10.0 Å². The van der Waals surface area contributed by atoms with Crippen LogP contribution in [-0.4, -0.2) is 64.1 Å². The molecule has 12 heteroatoms. The molecule has 0 saturated heterocycles. The van der Waals surface area contributed by atoms with Crippen molar-refractivity contribution in [2.45, 2.75) is 57.6 Å². The largest absolute Gasteiger partial charge is 0.494 e. The van der Waals surface area contributed by atoms with E-state index in [-0.39, 0.29) is 22.9 Å². The van der Waals surface area contributed by atoms with E-state index < -0.39 is 40.0 Å². The number of ether oxygens (including phenoxy) is 3. The molecule has 0 unspecified atom stereocenters. The average Bonchev–Trinajstić information content (AvgIpc) is 2.98. The van der Waals surface area contributed by atoms with E-state index in [9.17, 15) is 18.0 Å². The summed E-state index contributed by atoms with van der Waals surface area (Å²) >= 11 is 6.43. The fraction of sp³-hybridized carbons (Fsp3) is 0.375. The molecule has 0 aliphatic rings. The summed E-state index contributed by atoms with van der Waals surface area (Å²) < 4.78 is 45.5. The first-order valence-electron chi connectivity index (χ1n) is 14.0. The second-order valence-corrected chi connectivity index (χ2v) is 13.3. The Hall–Kier alpha value is -3.96. The number of benzene rings is 3. The van der Waals surface area contributed by atoms with Gasteiger partial charge in [0.2, 0.25) is 11.8 Å². The molecule has 0 heterocycles. The molecule has 238 valence electrons. The molecule has 3 aromatic carbocycles. The predicted molar refractivity (Wildman–Crippen MR) is 171 cm³/mol. The smallest absolute Gasteiger partial charge is 0.264 e. The molecule has 0 radical (unpaired) electrons. The molecule has 0 saturated carbocycles. The van der Waals surface area contributed by atoms with Crippen molar-refractivity contribution in [2.24, 2.45) is 0 Å². The van der Waals surface area contributed by atoms with Gasteiger partial charge >= 0.3 is 0 Å². The molecule has 1 N–H and O–H groups in total. The summed E-state index contributed by atoms with van der Waals surface area (Å²) in [5, 5.41) is 3.31. The first-order chi connectivity index (χ1) is 20.7. The van der Waals surface area contributed by atoms with Crippen LogP contribution in [0.3, 0.4) is 0 Å². The number of sulfonamides is 1. The Morgan fingerprint density at radius 1 is 0.955 bits per heavy atom. The standard InChI is InChI=1S/C32H40ClN3O7S/c1-8-43-25-15-13-24(14-16-25)36(44(39,40)26-17-18-28(41-6)29(19-26)42-7)21-30(37)35(20-23-11-9-10-12-27(23)33)22(2)31(38)34-32(3,4)5/h9-19,22H,8,20-21H2,1-7H3,(H,34,38)/t22-/m0/s1. The number of hydrogen-bond acceptors (Lipinski definition) is 7. The van der Waals surface area contributed by atoms with Gasteiger partial charge in [-0.2, -0.15) is 0 Å². The summed E-state index contributed by atoms with van der Waals surface area (Å²) in [5.41, 5.74) is 0.268. The van der Waals surface area contributed by atoms with Gasteiger partial charge in [-0.1, -0.05) is 29.8 Å². The van der Waals surface area contributed by atoms with E-state index in [2.05, 4.69) is 5.32 Å². The molecule has 0 bridgehead atoms. The van der Waals surface area contributed by atoms with Crippen LogP contribution in [-0.2, 0) is 26.2 Å². The van der Waals surface area contributed by atoms with E-state index >= 15 is 0 Å². The van der Waals surface area contributed by atoms with E-state index in [0.717, 1.165) is 4.31 Å². The summed E-state index contributed by atoms with van der Waals surface area (Å²) in [6.45, 7) is 8.73. The van der Waals surface area contributed by atoms with Crippen molar-refractivity contribution in [3.05, 3.63) is 77.3 Å². The summed E-state index contributed by atoms with van der Waals surface area (Å²) in [7, 11) is -1.49. The summed E-state index contributed by atoms with van der Waals surface area (Å²) in [6.07, 6.45) is 0. The molecular weight excluding hydrogens is 606 g/mol. The number of halogens is 1. The van der Waals surface area contributed by atoms with Crippen molar-refractivity contribution in [1.29, 1.82) is 0 Å². The van der Waals surface area contributed by atoms with E-state index in [1.807, 2.05) is 27.7 Å². The lowest BCUT2D eigenvalue weighted by Gasteiger charge is -2.33. The maximum absolute atomic E-state index is 14.2. The molecule has 0 aromatic heterocycles. The molecule has 0 aliphatic carbocycles. The number of carbonyl (C=O) groups is 2. The SMILES string of the molecule is CCOc1ccc(N(CC(=O)N(Cc2ccccc2Cl)[C@@H](C)C(=O)NC(C)(C)C)S(=O)(=O)c2ccc(OC)c(OC)c2)cc1. The minimum Gasteiger partial charge on any atom is -0.494 e. The minimum atomic E-state index is -4.34. The van der Waals surface area contributed by atoms with Gasteiger partial charge < -0.3 is 24.4 Å². The number of rotatable bonds is 13. The minimum absolute atomic E-state index is 0.0231. The van der Waals surface area contributed by atoms with Gasteiger partial charge in [0.15, 0.2) is 11.5 Å². The molecule has 1 atom stereocenters. The van der Waals surface area contributed by atoms with Crippen LogP contribution in [0.4, 0.5) is 5.69 Å². The van der Waals surface area contributed by atoms with Gasteiger partial charge in [-0.05, 0) is 82.6 Å². The highest BCUT2D eigenvalue weighted by Crippen LogP contribution is 2.33. The van der Waals surface area contributed by atoms with Crippen LogP contribution >= 0.6 is 11.6 Å². The summed E-state index contributed by atoms with van der Waals surface area (Å²) in [6, 6.07) is 16.6. The van der Waals surface area contributed by atoms with Crippen LogP contribution in [0.5, 0.6) is 17.2 Å². The van der Waals surface area contributed by atoms with Gasteiger partial charge in [-0.15, -0.1) is 0 Å². The number of hydrogen-bond donors (Lipinski definition) is 1. The van der Waals surface area contributed by atoms with Crippen LogP contribution in [0.1, 0.15) is 40.2 Å². The van der Waals surface area contributed by atoms with Crippen molar-refractivity contribution < 1.29 is 32.2 Å². The van der Waals surface area contributed by atoms with Gasteiger partial charge in [0.1, 0.15) is 18.3 Å². The lowest BCUT2D eigenvalue weighted by Crippen LogP contribution is -2.54. The van der Waals surface area contributed by atoms with Crippen molar-refractivity contribution in [3.63, 3.8) is 0 Å². The lowest BCUT2D eigenvalue weighted by molar-refractivity contribution is -0.140. The normalized spacial score (nSPS) is 12.2. The Morgan fingerprint density at radius 2 is 1.59 bits per heavy atom. The molecule has 2 amide bonds. The topological polar surface area (TPSA) is 114 Å². The number of amides is 2. The van der Waals surface area contributed by atoms with Crippen LogP contribution in [0, 0.1) is 0 Å². The van der Waals surface area contributed by atoms with Crippen molar-refractivity contribution in [3.8, 4) is 17.2 Å². The average molecular weight is 646 g/mol. The number of carbonyl (C=O) groups excluding carboxylic acids is 2. The molecule has 3 rings (SSSR count). The molecule has 0 fully saturated rings. The molecule has 44 heavy (non-hydrogen) atoms. The van der Waals surface area contributed by atoms with E-state index in [1.165, 1.54) is 37.3 Å². The molecule has 10 nitrogen and oxygen atoms in total. The predicted octanol–water partition coefficient (Wildman–Crippen LogP) is 5.28. The molecule has 0 spiro atoms. The second-order valence-electron chi connectivity index (χ2n) is 11.0. The maximum atomic E-state index is 14.2. The van der Waals surface area contributed by atoms with Crippen molar-refractivity contribution in [1.82, 2.24) is 10.2 Å². The van der Waals surface area contributed by atoms with Crippen LogP contribution in [0.2, 0.25) is 5.02 Å². The van der Waals surface area contributed by atoms with Gasteiger partial charge in [-0.3, -0.25) is 13.9 Å². The van der Waals surface area contributed by atoms with Crippen LogP contribution in [0.25, 0.3) is 0 Å². The van der Waals surface area contributed by atoms with Crippen LogP contribution in [0.15, 0.2) is 71.6 Å². The Morgan fingerprint density at radius 3 is 2.16 bits per heavy atom. The monoisotopic (exact) mass is 645 g/mol. The number of nitrogens with zero attached hydrogens (tertiary/aromatic N) is 2. The van der Waals surface area contributed by atoms with Crippen LogP contribution < -0.4 is 23.8 Å². The zero-order valence-electron chi connectivity index (χ0n) is 26.1. The zero-order valence-corrected chi connectivity index (χ0v) is 27.7. The highest BCUT2D eigenvalue weighted by Gasteiger charge is 2.34. The number of anilines is 1. The third kappa shape index (κ3) is 8.57.